The predicted molar refractivity (Wildman–Crippen MR) is 80.7 cm³/mol. The molecular weight excluding hydrogens is 338 g/mol. The summed E-state index contributed by atoms with van der Waals surface area (Å²) in [6.07, 6.45) is 0. The zero-order valence-electron chi connectivity index (χ0n) is 10.9. The van der Waals surface area contributed by atoms with Crippen LogP contribution in [-0.2, 0) is 0 Å². The van der Waals surface area contributed by atoms with Crippen molar-refractivity contribution < 1.29 is 9.59 Å². The first-order chi connectivity index (χ1) is 9.91. The Morgan fingerprint density at radius 3 is 2.62 bits per heavy atom. The summed E-state index contributed by atoms with van der Waals surface area (Å²) in [5.41, 5.74) is 6.93. The molecule has 2 amide bonds. The van der Waals surface area contributed by atoms with E-state index in [1.807, 2.05) is 13.0 Å². The maximum Gasteiger partial charge on any atom is 0.262 e. The molecule has 0 aliphatic carbocycles. The number of halogens is 1. The number of hydrogen-bond donors (Lipinski definition) is 2. The number of nitrogens with two attached hydrogens (primary N) is 1. The van der Waals surface area contributed by atoms with E-state index in [1.54, 1.807) is 12.1 Å². The highest BCUT2D eigenvalue weighted by molar-refractivity contribution is 9.10. The number of nitrogen functional groups attached to an aromatic ring is 1. The Hall–Kier alpha value is -2.41. The molecule has 0 saturated carbocycles. The summed E-state index contributed by atoms with van der Waals surface area (Å²) in [5.74, 6) is -1.23. The van der Waals surface area contributed by atoms with E-state index in [1.165, 1.54) is 4.57 Å². The quantitative estimate of drug-likeness (QED) is 0.762. The Morgan fingerprint density at radius 2 is 1.90 bits per heavy atom. The van der Waals surface area contributed by atoms with Gasteiger partial charge in [-0.3, -0.25) is 24.3 Å². The first-order valence-corrected chi connectivity index (χ1v) is 6.88. The van der Waals surface area contributed by atoms with Crippen molar-refractivity contribution >= 4 is 33.6 Å². The van der Waals surface area contributed by atoms with Crippen LogP contribution in [0, 0.1) is 6.92 Å². The Balaban J connectivity index is 2.39. The second kappa shape index (κ2) is 4.56. The molecule has 0 bridgehead atoms. The Kier molecular flexibility index (Phi) is 2.94. The van der Waals surface area contributed by atoms with Crippen molar-refractivity contribution in [2.45, 2.75) is 6.92 Å². The number of aromatic nitrogens is 1. The van der Waals surface area contributed by atoms with Crippen molar-refractivity contribution in [1.82, 2.24) is 9.88 Å². The fourth-order valence-corrected chi connectivity index (χ4v) is 2.72. The standard InChI is InChI=1S/C14H10BrN3O3/c1-6-8(15)3-2-4-9(6)18-10(19)5-7-11(12(18)16)14(21)17-13(7)20/h2-5H,16H2,1H3,(H,17,20,21). The molecule has 0 radical (unpaired) electrons. The summed E-state index contributed by atoms with van der Waals surface area (Å²) in [4.78, 5) is 35.7. The van der Waals surface area contributed by atoms with Gasteiger partial charge in [0.05, 0.1) is 16.8 Å². The molecule has 3 N–H and O–H groups in total. The average molecular weight is 348 g/mol. The topological polar surface area (TPSA) is 94.2 Å². The van der Waals surface area contributed by atoms with Gasteiger partial charge in [0.15, 0.2) is 0 Å². The summed E-state index contributed by atoms with van der Waals surface area (Å²) in [7, 11) is 0. The SMILES string of the molecule is Cc1c(Br)cccc1-n1c(N)c2c(cc1=O)C(=O)NC2=O. The van der Waals surface area contributed by atoms with Crippen LogP contribution < -0.4 is 16.6 Å². The maximum atomic E-state index is 12.3. The summed E-state index contributed by atoms with van der Waals surface area (Å²) < 4.78 is 2.05. The highest BCUT2D eigenvalue weighted by Crippen LogP contribution is 2.27. The van der Waals surface area contributed by atoms with Crippen LogP contribution in [0.25, 0.3) is 5.69 Å². The maximum absolute atomic E-state index is 12.3. The molecule has 3 rings (SSSR count). The number of benzene rings is 1. The van der Waals surface area contributed by atoms with Gasteiger partial charge in [-0.1, -0.05) is 22.0 Å². The van der Waals surface area contributed by atoms with Gasteiger partial charge in [-0.05, 0) is 24.6 Å². The van der Waals surface area contributed by atoms with Crippen LogP contribution >= 0.6 is 15.9 Å². The number of nitrogens with zero attached hydrogens (tertiary/aromatic N) is 1. The van der Waals surface area contributed by atoms with Gasteiger partial charge in [0.1, 0.15) is 5.82 Å². The van der Waals surface area contributed by atoms with E-state index in [-0.39, 0.29) is 16.9 Å². The molecule has 7 heteroatoms. The van der Waals surface area contributed by atoms with E-state index >= 15 is 0 Å². The molecule has 1 aliphatic rings. The van der Waals surface area contributed by atoms with Gasteiger partial charge in [0.25, 0.3) is 17.4 Å². The van der Waals surface area contributed by atoms with Crippen LogP contribution in [-0.4, -0.2) is 16.4 Å². The van der Waals surface area contributed by atoms with Crippen molar-refractivity contribution in [1.29, 1.82) is 0 Å². The molecule has 0 unspecified atom stereocenters. The smallest absolute Gasteiger partial charge is 0.262 e. The lowest BCUT2D eigenvalue weighted by molar-refractivity contribution is 0.0880. The summed E-state index contributed by atoms with van der Waals surface area (Å²) in [6, 6.07) is 6.45. The van der Waals surface area contributed by atoms with Gasteiger partial charge in [0.2, 0.25) is 0 Å². The minimum absolute atomic E-state index is 0.0198. The number of pyridine rings is 1. The lowest BCUT2D eigenvalue weighted by Gasteiger charge is -2.14. The number of amides is 2. The first-order valence-electron chi connectivity index (χ1n) is 6.08. The molecule has 2 aromatic rings. The van der Waals surface area contributed by atoms with E-state index < -0.39 is 17.4 Å². The van der Waals surface area contributed by atoms with E-state index in [0.717, 1.165) is 16.1 Å². The van der Waals surface area contributed by atoms with Gasteiger partial charge in [0, 0.05) is 10.5 Å². The average Bonchev–Trinajstić information content (AvgIpc) is 2.69. The molecule has 0 spiro atoms. The number of carbonyl (C=O) groups excluding carboxylic acids is 2. The fraction of sp³-hybridized carbons (Fsp3) is 0.0714. The van der Waals surface area contributed by atoms with Crippen LogP contribution in [0.3, 0.4) is 0 Å². The highest BCUT2D eigenvalue weighted by atomic mass is 79.9. The minimum atomic E-state index is -0.600. The van der Waals surface area contributed by atoms with Gasteiger partial charge < -0.3 is 5.73 Å². The van der Waals surface area contributed by atoms with Crippen molar-refractivity contribution in [3.63, 3.8) is 0 Å². The van der Waals surface area contributed by atoms with Gasteiger partial charge in [-0.2, -0.15) is 0 Å². The van der Waals surface area contributed by atoms with E-state index in [2.05, 4.69) is 21.2 Å². The number of anilines is 1. The fourth-order valence-electron chi connectivity index (χ4n) is 2.37. The molecule has 21 heavy (non-hydrogen) atoms. The summed E-state index contributed by atoms with van der Waals surface area (Å²) in [5, 5.41) is 2.14. The molecule has 1 aromatic carbocycles. The minimum Gasteiger partial charge on any atom is -0.384 e. The van der Waals surface area contributed by atoms with Gasteiger partial charge in [-0.25, -0.2) is 0 Å². The van der Waals surface area contributed by atoms with Crippen LogP contribution in [0.2, 0.25) is 0 Å². The largest absolute Gasteiger partial charge is 0.384 e. The molecule has 0 fully saturated rings. The molecule has 0 saturated heterocycles. The lowest BCUT2D eigenvalue weighted by Crippen LogP contribution is -2.24. The molecule has 1 aromatic heterocycles. The monoisotopic (exact) mass is 347 g/mol. The van der Waals surface area contributed by atoms with Crippen molar-refractivity contribution in [2.75, 3.05) is 5.73 Å². The van der Waals surface area contributed by atoms with Crippen LogP contribution in [0.4, 0.5) is 5.82 Å². The summed E-state index contributed by atoms with van der Waals surface area (Å²) >= 11 is 3.39. The van der Waals surface area contributed by atoms with Gasteiger partial charge >= 0.3 is 0 Å². The number of rotatable bonds is 1. The predicted octanol–water partition coefficient (Wildman–Crippen LogP) is 1.37. The van der Waals surface area contributed by atoms with E-state index in [0.29, 0.717) is 5.69 Å². The molecule has 2 heterocycles. The van der Waals surface area contributed by atoms with Crippen LogP contribution in [0.5, 0.6) is 0 Å². The Bertz CT molecular complexity index is 870. The molecule has 0 atom stereocenters. The van der Waals surface area contributed by atoms with E-state index in [4.69, 9.17) is 5.73 Å². The van der Waals surface area contributed by atoms with Crippen molar-refractivity contribution in [2.24, 2.45) is 0 Å². The van der Waals surface area contributed by atoms with Gasteiger partial charge in [-0.15, -0.1) is 0 Å². The molecule has 106 valence electrons. The van der Waals surface area contributed by atoms with Crippen molar-refractivity contribution in [3.05, 3.63) is 55.8 Å². The third kappa shape index (κ3) is 1.89. The number of nitrogens with one attached hydrogen (secondary N) is 1. The zero-order valence-corrected chi connectivity index (χ0v) is 12.5. The number of carbonyl (C=O) groups is 2. The Morgan fingerprint density at radius 1 is 1.19 bits per heavy atom. The normalized spacial score (nSPS) is 13.2. The van der Waals surface area contributed by atoms with Crippen LogP contribution in [0.15, 0.2) is 33.5 Å². The lowest BCUT2D eigenvalue weighted by atomic mass is 10.1. The summed E-state index contributed by atoms with van der Waals surface area (Å²) in [6.45, 7) is 1.82. The number of imide groups is 1. The molecular formula is C14H10BrN3O3. The highest BCUT2D eigenvalue weighted by Gasteiger charge is 2.32. The van der Waals surface area contributed by atoms with E-state index in [9.17, 15) is 14.4 Å². The second-order valence-electron chi connectivity index (χ2n) is 4.66. The Labute approximate surface area is 127 Å². The molecule has 1 aliphatic heterocycles. The number of hydrogen-bond acceptors (Lipinski definition) is 4. The number of fused-ring (bicyclic) bond motifs is 1. The van der Waals surface area contributed by atoms with Crippen molar-refractivity contribution in [3.8, 4) is 5.69 Å². The second-order valence-corrected chi connectivity index (χ2v) is 5.51. The third-order valence-electron chi connectivity index (χ3n) is 3.43. The zero-order chi connectivity index (χ0) is 15.3. The first kappa shape index (κ1) is 13.6. The van der Waals surface area contributed by atoms with Crippen LogP contribution in [0.1, 0.15) is 26.3 Å². The third-order valence-corrected chi connectivity index (χ3v) is 4.29. The molecule has 6 nitrogen and oxygen atoms in total.